The molecule has 4 nitrogen and oxygen atoms in total. The van der Waals surface area contributed by atoms with E-state index in [9.17, 15) is 4.79 Å². The molecule has 0 aliphatic carbocycles. The van der Waals surface area contributed by atoms with Gasteiger partial charge in [-0.15, -0.1) is 11.3 Å². The Kier molecular flexibility index (Phi) is 4.11. The van der Waals surface area contributed by atoms with Crippen molar-refractivity contribution in [3.8, 4) is 0 Å². The zero-order valence-electron chi connectivity index (χ0n) is 8.87. The SMILES string of the molecule is O=C(O)Cc1csc(SCc2ccncc2)n1. The zero-order valence-corrected chi connectivity index (χ0v) is 10.5. The molecule has 0 radical (unpaired) electrons. The quantitative estimate of drug-likeness (QED) is 0.842. The molecule has 2 aromatic rings. The van der Waals surface area contributed by atoms with Crippen LogP contribution in [0.3, 0.4) is 0 Å². The average molecular weight is 266 g/mol. The van der Waals surface area contributed by atoms with Crippen LogP contribution in [-0.2, 0) is 17.0 Å². The van der Waals surface area contributed by atoms with Gasteiger partial charge in [0.15, 0.2) is 0 Å². The molecule has 17 heavy (non-hydrogen) atoms. The lowest BCUT2D eigenvalue weighted by atomic mass is 10.3. The summed E-state index contributed by atoms with van der Waals surface area (Å²) in [6, 6.07) is 3.91. The van der Waals surface area contributed by atoms with E-state index in [1.165, 1.54) is 16.9 Å². The van der Waals surface area contributed by atoms with E-state index in [0.717, 1.165) is 10.1 Å². The van der Waals surface area contributed by atoms with Crippen molar-refractivity contribution < 1.29 is 9.90 Å². The van der Waals surface area contributed by atoms with Crippen molar-refractivity contribution >= 4 is 29.1 Å². The number of hydrogen-bond acceptors (Lipinski definition) is 5. The van der Waals surface area contributed by atoms with Gasteiger partial charge < -0.3 is 5.11 Å². The Morgan fingerprint density at radius 3 is 2.88 bits per heavy atom. The second-order valence-electron chi connectivity index (χ2n) is 3.32. The molecular formula is C11H10N2O2S2. The predicted octanol–water partition coefficient (Wildman–Crippen LogP) is 2.46. The lowest BCUT2D eigenvalue weighted by molar-refractivity contribution is -0.136. The van der Waals surface area contributed by atoms with Crippen molar-refractivity contribution in [2.24, 2.45) is 0 Å². The molecule has 2 heterocycles. The largest absolute Gasteiger partial charge is 0.481 e. The zero-order chi connectivity index (χ0) is 12.1. The van der Waals surface area contributed by atoms with Gasteiger partial charge in [-0.1, -0.05) is 11.8 Å². The summed E-state index contributed by atoms with van der Waals surface area (Å²) < 4.78 is 0.901. The molecule has 0 fully saturated rings. The fourth-order valence-electron chi connectivity index (χ4n) is 1.21. The van der Waals surface area contributed by atoms with Gasteiger partial charge >= 0.3 is 5.97 Å². The molecule has 0 saturated carbocycles. The van der Waals surface area contributed by atoms with Gasteiger partial charge in [0, 0.05) is 23.5 Å². The maximum Gasteiger partial charge on any atom is 0.309 e. The standard InChI is InChI=1S/C11H10N2O2S2/c14-10(15)5-9-7-17-11(13-9)16-6-8-1-3-12-4-2-8/h1-4,7H,5-6H2,(H,14,15). The summed E-state index contributed by atoms with van der Waals surface area (Å²) in [7, 11) is 0. The molecule has 0 unspecified atom stereocenters. The van der Waals surface area contributed by atoms with Gasteiger partial charge in [-0.2, -0.15) is 0 Å². The third kappa shape index (κ3) is 3.83. The van der Waals surface area contributed by atoms with E-state index in [4.69, 9.17) is 5.11 Å². The number of thioether (sulfide) groups is 1. The molecule has 88 valence electrons. The second kappa shape index (κ2) is 5.79. The third-order valence-electron chi connectivity index (χ3n) is 1.97. The van der Waals surface area contributed by atoms with Gasteiger partial charge in [-0.3, -0.25) is 9.78 Å². The number of carboxylic acids is 1. The van der Waals surface area contributed by atoms with Crippen molar-refractivity contribution in [2.75, 3.05) is 0 Å². The highest BCUT2D eigenvalue weighted by molar-refractivity contribution is 8.00. The monoisotopic (exact) mass is 266 g/mol. The van der Waals surface area contributed by atoms with Crippen LogP contribution in [0.4, 0.5) is 0 Å². The van der Waals surface area contributed by atoms with Gasteiger partial charge in [0.1, 0.15) is 4.34 Å². The summed E-state index contributed by atoms with van der Waals surface area (Å²) in [6.45, 7) is 0. The van der Waals surface area contributed by atoms with Gasteiger partial charge in [0.2, 0.25) is 0 Å². The molecule has 2 rings (SSSR count). The van der Waals surface area contributed by atoms with E-state index >= 15 is 0 Å². The molecule has 0 bridgehead atoms. The number of aliphatic carboxylic acids is 1. The first-order valence-electron chi connectivity index (χ1n) is 4.92. The molecule has 6 heteroatoms. The van der Waals surface area contributed by atoms with E-state index in [1.54, 1.807) is 29.5 Å². The Bertz CT molecular complexity index is 499. The maximum absolute atomic E-state index is 10.5. The number of aromatic nitrogens is 2. The Morgan fingerprint density at radius 1 is 1.41 bits per heavy atom. The number of nitrogens with zero attached hydrogens (tertiary/aromatic N) is 2. The third-order valence-corrected chi connectivity index (χ3v) is 4.12. The van der Waals surface area contributed by atoms with Crippen LogP contribution in [0.5, 0.6) is 0 Å². The first kappa shape index (κ1) is 12.1. The molecule has 0 amide bonds. The minimum Gasteiger partial charge on any atom is -0.481 e. The molecule has 2 aromatic heterocycles. The first-order valence-corrected chi connectivity index (χ1v) is 6.78. The lowest BCUT2D eigenvalue weighted by Gasteiger charge is -1.97. The van der Waals surface area contributed by atoms with Gasteiger partial charge in [0.05, 0.1) is 12.1 Å². The van der Waals surface area contributed by atoms with Gasteiger partial charge in [-0.05, 0) is 17.7 Å². The number of thiazole rings is 1. The minimum absolute atomic E-state index is 0.00762. The average Bonchev–Trinajstić information content (AvgIpc) is 2.75. The Labute approximate surface area is 107 Å². The van der Waals surface area contributed by atoms with Crippen LogP contribution in [0.1, 0.15) is 11.3 Å². The first-order chi connectivity index (χ1) is 8.24. The van der Waals surface area contributed by atoms with Gasteiger partial charge in [0.25, 0.3) is 0 Å². The van der Waals surface area contributed by atoms with E-state index in [0.29, 0.717) is 5.69 Å². The molecule has 1 N–H and O–H groups in total. The summed E-state index contributed by atoms with van der Waals surface area (Å²) in [5.74, 6) is -0.0243. The summed E-state index contributed by atoms with van der Waals surface area (Å²) in [6.07, 6.45) is 3.51. The number of hydrogen-bond donors (Lipinski definition) is 1. The van der Waals surface area contributed by atoms with Crippen LogP contribution in [-0.4, -0.2) is 21.0 Å². The highest BCUT2D eigenvalue weighted by Gasteiger charge is 2.06. The Hall–Kier alpha value is -1.40. The molecular weight excluding hydrogens is 256 g/mol. The molecule has 0 aliphatic rings. The lowest BCUT2D eigenvalue weighted by Crippen LogP contribution is -1.99. The number of pyridine rings is 1. The van der Waals surface area contributed by atoms with Crippen LogP contribution in [0, 0.1) is 0 Å². The topological polar surface area (TPSA) is 63.1 Å². The van der Waals surface area contributed by atoms with Crippen LogP contribution in [0.15, 0.2) is 34.2 Å². The van der Waals surface area contributed by atoms with Crippen molar-refractivity contribution in [2.45, 2.75) is 16.5 Å². The maximum atomic E-state index is 10.5. The Morgan fingerprint density at radius 2 is 2.18 bits per heavy atom. The van der Waals surface area contributed by atoms with Crippen LogP contribution in [0.2, 0.25) is 0 Å². The van der Waals surface area contributed by atoms with Crippen LogP contribution >= 0.6 is 23.1 Å². The molecule has 0 aromatic carbocycles. The second-order valence-corrected chi connectivity index (χ2v) is 5.40. The predicted molar refractivity (Wildman–Crippen MR) is 67.3 cm³/mol. The van der Waals surface area contributed by atoms with Crippen molar-refractivity contribution in [1.29, 1.82) is 0 Å². The van der Waals surface area contributed by atoms with Crippen molar-refractivity contribution in [3.63, 3.8) is 0 Å². The van der Waals surface area contributed by atoms with Gasteiger partial charge in [-0.25, -0.2) is 4.98 Å². The summed E-state index contributed by atoms with van der Waals surface area (Å²) in [5.41, 5.74) is 1.81. The molecule has 0 spiro atoms. The fraction of sp³-hybridized carbons (Fsp3) is 0.182. The smallest absolute Gasteiger partial charge is 0.309 e. The number of carboxylic acid groups (broad SMARTS) is 1. The van der Waals surface area contributed by atoms with Crippen molar-refractivity contribution in [3.05, 3.63) is 41.2 Å². The fourth-order valence-corrected chi connectivity index (χ4v) is 3.02. The molecule has 0 saturated heterocycles. The summed E-state index contributed by atoms with van der Waals surface area (Å²) in [4.78, 5) is 18.7. The van der Waals surface area contributed by atoms with E-state index in [-0.39, 0.29) is 6.42 Å². The van der Waals surface area contributed by atoms with Crippen molar-refractivity contribution in [1.82, 2.24) is 9.97 Å². The van der Waals surface area contributed by atoms with E-state index < -0.39 is 5.97 Å². The van der Waals surface area contributed by atoms with Crippen LogP contribution < -0.4 is 0 Å². The highest BCUT2D eigenvalue weighted by Crippen LogP contribution is 2.26. The number of carbonyl (C=O) groups is 1. The molecule has 0 atom stereocenters. The van der Waals surface area contributed by atoms with E-state index in [1.807, 2.05) is 12.1 Å². The normalized spacial score (nSPS) is 10.4. The Balaban J connectivity index is 1.91. The summed E-state index contributed by atoms with van der Waals surface area (Å²) in [5, 5.41) is 10.4. The summed E-state index contributed by atoms with van der Waals surface area (Å²) >= 11 is 3.09. The number of rotatable bonds is 5. The van der Waals surface area contributed by atoms with E-state index in [2.05, 4.69) is 9.97 Å². The van der Waals surface area contributed by atoms with Crippen LogP contribution in [0.25, 0.3) is 0 Å². The molecule has 0 aliphatic heterocycles. The minimum atomic E-state index is -0.846. The highest BCUT2D eigenvalue weighted by atomic mass is 32.2.